The van der Waals surface area contributed by atoms with Crippen LogP contribution in [-0.4, -0.2) is 28.8 Å². The summed E-state index contributed by atoms with van der Waals surface area (Å²) in [5.74, 6) is 0.306. The molecule has 0 amide bonds. The van der Waals surface area contributed by atoms with Crippen molar-refractivity contribution in [1.29, 1.82) is 0 Å². The molecule has 1 radical (unpaired) electrons. The first-order valence-electron chi connectivity index (χ1n) is 2.72. The van der Waals surface area contributed by atoms with Crippen molar-refractivity contribution in [1.82, 2.24) is 5.32 Å². The SMILES string of the molecule is CNC(OC)[Si](C)C. The quantitative estimate of drug-likeness (QED) is 0.445. The summed E-state index contributed by atoms with van der Waals surface area (Å²) in [6.45, 7) is 4.44. The second kappa shape index (κ2) is 4.06. The molecule has 0 aromatic carbocycles. The monoisotopic (exact) mass is 132 g/mol. The van der Waals surface area contributed by atoms with Gasteiger partial charge >= 0.3 is 0 Å². The van der Waals surface area contributed by atoms with Gasteiger partial charge in [0.15, 0.2) is 0 Å². The molecule has 1 unspecified atom stereocenters. The zero-order valence-corrected chi connectivity index (χ0v) is 6.99. The standard InChI is InChI=1S/C5H14NOSi/c1-6-5(7-2)8(3)4/h5-6H,1-4H3. The Morgan fingerprint density at radius 3 is 2.00 bits per heavy atom. The van der Waals surface area contributed by atoms with Gasteiger partial charge in [-0.2, -0.15) is 0 Å². The van der Waals surface area contributed by atoms with Gasteiger partial charge < -0.3 is 4.74 Å². The molecule has 0 fully saturated rings. The molecule has 0 aliphatic rings. The maximum Gasteiger partial charge on any atom is 0.0978 e. The molecular formula is C5H14NOSi. The Labute approximate surface area is 52.8 Å². The molecule has 0 aromatic rings. The van der Waals surface area contributed by atoms with Crippen molar-refractivity contribution in [3.63, 3.8) is 0 Å². The smallest absolute Gasteiger partial charge is 0.0978 e. The van der Waals surface area contributed by atoms with Crippen LogP contribution in [0.2, 0.25) is 13.1 Å². The number of ether oxygens (including phenoxy) is 1. The fourth-order valence-electron chi connectivity index (χ4n) is 0.642. The highest BCUT2D eigenvalue weighted by Gasteiger charge is 2.08. The van der Waals surface area contributed by atoms with E-state index in [1.165, 1.54) is 0 Å². The first-order chi connectivity index (χ1) is 3.72. The number of methoxy groups -OCH3 is 1. The highest BCUT2D eigenvalue weighted by Crippen LogP contribution is 1.89. The fourth-order valence-corrected chi connectivity index (χ4v) is 1.69. The van der Waals surface area contributed by atoms with E-state index in [4.69, 9.17) is 4.74 Å². The lowest BCUT2D eigenvalue weighted by molar-refractivity contribution is 0.141. The average Bonchev–Trinajstić information content (AvgIpc) is 1.69. The molecule has 0 saturated carbocycles. The molecular weight excluding hydrogens is 118 g/mol. The number of nitrogens with one attached hydrogen (secondary N) is 1. The van der Waals surface area contributed by atoms with Crippen molar-refractivity contribution in [3.05, 3.63) is 0 Å². The summed E-state index contributed by atoms with van der Waals surface area (Å²) in [5.41, 5.74) is 0. The molecule has 1 atom stereocenters. The summed E-state index contributed by atoms with van der Waals surface area (Å²) < 4.78 is 5.10. The van der Waals surface area contributed by atoms with Crippen LogP contribution < -0.4 is 5.32 Å². The van der Waals surface area contributed by atoms with Gasteiger partial charge in [0.05, 0.1) is 14.6 Å². The van der Waals surface area contributed by atoms with Crippen molar-refractivity contribution < 1.29 is 4.74 Å². The third-order valence-corrected chi connectivity index (χ3v) is 2.60. The van der Waals surface area contributed by atoms with E-state index in [-0.39, 0.29) is 8.80 Å². The van der Waals surface area contributed by atoms with Crippen LogP contribution in [0.1, 0.15) is 0 Å². The summed E-state index contributed by atoms with van der Waals surface area (Å²) in [7, 11) is 3.35. The van der Waals surface area contributed by atoms with Crippen LogP contribution >= 0.6 is 0 Å². The van der Waals surface area contributed by atoms with Crippen molar-refractivity contribution in [2.24, 2.45) is 0 Å². The molecule has 0 aromatic heterocycles. The highest BCUT2D eigenvalue weighted by atomic mass is 28.3. The first kappa shape index (κ1) is 8.14. The molecule has 2 nitrogen and oxygen atoms in total. The van der Waals surface area contributed by atoms with Crippen LogP contribution in [0.25, 0.3) is 0 Å². The zero-order valence-electron chi connectivity index (χ0n) is 5.99. The summed E-state index contributed by atoms with van der Waals surface area (Å²) in [4.78, 5) is 0. The number of hydrogen-bond donors (Lipinski definition) is 1. The van der Waals surface area contributed by atoms with Crippen molar-refractivity contribution >= 4 is 8.80 Å². The van der Waals surface area contributed by atoms with Gasteiger partial charge in [-0.15, -0.1) is 0 Å². The molecule has 49 valence electrons. The van der Waals surface area contributed by atoms with Crippen molar-refractivity contribution in [2.75, 3.05) is 14.2 Å². The highest BCUT2D eigenvalue weighted by molar-refractivity contribution is 6.57. The topological polar surface area (TPSA) is 21.3 Å². The van der Waals surface area contributed by atoms with Gasteiger partial charge in [0.2, 0.25) is 0 Å². The van der Waals surface area contributed by atoms with E-state index in [0.717, 1.165) is 0 Å². The van der Waals surface area contributed by atoms with Gasteiger partial charge in [-0.25, -0.2) is 0 Å². The molecule has 0 bridgehead atoms. The lowest BCUT2D eigenvalue weighted by Crippen LogP contribution is -2.38. The van der Waals surface area contributed by atoms with Crippen LogP contribution in [-0.2, 0) is 4.74 Å². The maximum atomic E-state index is 5.10. The normalized spacial score (nSPS) is 14.6. The minimum Gasteiger partial charge on any atom is -0.370 e. The summed E-state index contributed by atoms with van der Waals surface area (Å²) >= 11 is 0. The lowest BCUT2D eigenvalue weighted by Gasteiger charge is -2.15. The predicted octanol–water partition coefficient (Wildman–Crippen LogP) is 0.472. The average molecular weight is 132 g/mol. The Kier molecular flexibility index (Phi) is 4.13. The Balaban J connectivity index is 3.35. The zero-order chi connectivity index (χ0) is 6.57. The molecule has 0 rings (SSSR count). The Hall–Kier alpha value is 0.137. The number of hydrogen-bond acceptors (Lipinski definition) is 2. The third-order valence-electron chi connectivity index (χ3n) is 1.02. The molecule has 0 heterocycles. The second-order valence-corrected chi connectivity index (χ2v) is 4.66. The largest absolute Gasteiger partial charge is 0.370 e. The number of rotatable bonds is 3. The van der Waals surface area contributed by atoms with Gasteiger partial charge in [0.25, 0.3) is 0 Å². The van der Waals surface area contributed by atoms with Crippen LogP contribution in [0.4, 0.5) is 0 Å². The van der Waals surface area contributed by atoms with E-state index in [9.17, 15) is 0 Å². The summed E-state index contributed by atoms with van der Waals surface area (Å²) in [6.07, 6.45) is 0. The van der Waals surface area contributed by atoms with Crippen LogP contribution in [0, 0.1) is 0 Å². The Morgan fingerprint density at radius 1 is 1.50 bits per heavy atom. The second-order valence-electron chi connectivity index (χ2n) is 1.98. The molecule has 0 saturated heterocycles. The van der Waals surface area contributed by atoms with Crippen LogP contribution in [0.15, 0.2) is 0 Å². The molecule has 0 spiro atoms. The fraction of sp³-hybridized carbons (Fsp3) is 1.00. The molecule has 0 aliphatic carbocycles. The van der Waals surface area contributed by atoms with E-state index < -0.39 is 0 Å². The molecule has 8 heavy (non-hydrogen) atoms. The lowest BCUT2D eigenvalue weighted by atomic mass is 11.1. The van der Waals surface area contributed by atoms with Gasteiger partial charge in [-0.3, -0.25) is 5.32 Å². The van der Waals surface area contributed by atoms with Crippen LogP contribution in [0.3, 0.4) is 0 Å². The van der Waals surface area contributed by atoms with E-state index in [2.05, 4.69) is 18.4 Å². The minimum absolute atomic E-state index is 0.306. The minimum atomic E-state index is -0.308. The Bertz CT molecular complexity index is 54.4. The molecule has 1 N–H and O–H groups in total. The first-order valence-corrected chi connectivity index (χ1v) is 5.30. The van der Waals surface area contributed by atoms with Gasteiger partial charge in [-0.1, -0.05) is 13.1 Å². The molecule has 3 heteroatoms. The Morgan fingerprint density at radius 2 is 2.00 bits per heavy atom. The van der Waals surface area contributed by atoms with E-state index in [1.807, 2.05) is 7.05 Å². The summed E-state index contributed by atoms with van der Waals surface area (Å²) in [5, 5.41) is 3.07. The van der Waals surface area contributed by atoms with E-state index in [0.29, 0.717) is 5.85 Å². The molecule has 0 aliphatic heterocycles. The van der Waals surface area contributed by atoms with E-state index in [1.54, 1.807) is 7.11 Å². The third kappa shape index (κ3) is 2.45. The van der Waals surface area contributed by atoms with Crippen LogP contribution in [0.5, 0.6) is 0 Å². The van der Waals surface area contributed by atoms with Gasteiger partial charge in [0, 0.05) is 7.11 Å². The van der Waals surface area contributed by atoms with Crippen molar-refractivity contribution in [3.8, 4) is 0 Å². The predicted molar refractivity (Wildman–Crippen MR) is 37.3 cm³/mol. The van der Waals surface area contributed by atoms with E-state index >= 15 is 0 Å². The van der Waals surface area contributed by atoms with Gasteiger partial charge in [-0.05, 0) is 7.05 Å². The van der Waals surface area contributed by atoms with Gasteiger partial charge in [0.1, 0.15) is 0 Å². The maximum absolute atomic E-state index is 5.10. The van der Waals surface area contributed by atoms with Crippen molar-refractivity contribution in [2.45, 2.75) is 18.9 Å². The summed E-state index contributed by atoms with van der Waals surface area (Å²) in [6, 6.07) is 0.